The molecule has 0 spiro atoms. The van der Waals surface area contributed by atoms with Crippen molar-refractivity contribution in [3.63, 3.8) is 0 Å². The molecule has 1 heterocycles. The number of aliphatic imine (C=N–C) groups is 1. The topological polar surface area (TPSA) is 34.4 Å². The van der Waals surface area contributed by atoms with Crippen LogP contribution < -0.4 is 0 Å². The van der Waals surface area contributed by atoms with Crippen LogP contribution in [0.3, 0.4) is 0 Å². The van der Waals surface area contributed by atoms with Gasteiger partial charge in [-0.3, -0.25) is 0 Å². The van der Waals surface area contributed by atoms with Crippen LogP contribution in [0.2, 0.25) is 0 Å². The molecular weight excluding hydrogens is 188 g/mol. The predicted molar refractivity (Wildman–Crippen MR) is 58.3 cm³/mol. The van der Waals surface area contributed by atoms with Crippen molar-refractivity contribution in [1.82, 2.24) is 4.57 Å². The first kappa shape index (κ1) is 9.44. The van der Waals surface area contributed by atoms with Gasteiger partial charge >= 0.3 is 0 Å². The molecule has 2 aromatic rings. The van der Waals surface area contributed by atoms with Crippen LogP contribution in [0.15, 0.2) is 47.7 Å². The van der Waals surface area contributed by atoms with E-state index in [2.05, 4.69) is 4.99 Å². The predicted octanol–water partition coefficient (Wildman–Crippen LogP) is 2.75. The molecule has 0 N–H and O–H groups in total. The minimum atomic E-state index is 0.640. The molecule has 15 heavy (non-hydrogen) atoms. The van der Waals surface area contributed by atoms with E-state index in [1.54, 1.807) is 6.08 Å². The van der Waals surface area contributed by atoms with Gasteiger partial charge in [-0.1, -0.05) is 6.07 Å². The summed E-state index contributed by atoms with van der Waals surface area (Å²) in [4.78, 5) is 14.0. The largest absolute Gasteiger partial charge is 0.322 e. The fraction of sp³-hybridized carbons (Fsp3) is 0.0833. The molecule has 0 aliphatic carbocycles. The maximum absolute atomic E-state index is 10.3. The van der Waals surface area contributed by atoms with Gasteiger partial charge in [0.15, 0.2) is 0 Å². The summed E-state index contributed by atoms with van der Waals surface area (Å²) in [6.45, 7) is 1.96. The first-order valence-corrected chi connectivity index (χ1v) is 4.63. The van der Waals surface area contributed by atoms with E-state index in [1.165, 1.54) is 0 Å². The molecule has 1 aromatic heterocycles. The lowest BCUT2D eigenvalue weighted by molar-refractivity contribution is 0.565. The number of benzene rings is 1. The highest BCUT2D eigenvalue weighted by Crippen LogP contribution is 2.24. The number of isocyanates is 1. The molecule has 0 fully saturated rings. The van der Waals surface area contributed by atoms with Gasteiger partial charge < -0.3 is 4.57 Å². The summed E-state index contributed by atoms with van der Waals surface area (Å²) in [5, 5.41) is 0. The van der Waals surface area contributed by atoms with E-state index in [4.69, 9.17) is 0 Å². The molecule has 0 aliphatic heterocycles. The van der Waals surface area contributed by atoms with E-state index >= 15 is 0 Å². The van der Waals surface area contributed by atoms with Crippen LogP contribution >= 0.6 is 0 Å². The standard InChI is InChI=1S/C12H10N2O/c1-10-4-5-12(11(8-10)13-9-15)14-6-2-3-7-14/h2-8H,1H3. The van der Waals surface area contributed by atoms with E-state index in [1.807, 2.05) is 54.2 Å². The Balaban J connectivity index is 2.60. The summed E-state index contributed by atoms with van der Waals surface area (Å²) in [6.07, 6.45) is 5.40. The molecule has 3 heteroatoms. The third kappa shape index (κ3) is 1.87. The Morgan fingerprint density at radius 3 is 2.67 bits per heavy atom. The molecule has 74 valence electrons. The second-order valence-corrected chi connectivity index (χ2v) is 3.29. The van der Waals surface area contributed by atoms with Crippen molar-refractivity contribution in [2.45, 2.75) is 6.92 Å². The van der Waals surface area contributed by atoms with Gasteiger partial charge in [-0.2, -0.15) is 4.99 Å². The molecule has 3 nitrogen and oxygen atoms in total. The number of carbonyl (C=O) groups excluding carboxylic acids is 1. The number of aromatic nitrogens is 1. The number of nitrogens with zero attached hydrogens (tertiary/aromatic N) is 2. The van der Waals surface area contributed by atoms with Crippen molar-refractivity contribution in [1.29, 1.82) is 0 Å². The highest BCUT2D eigenvalue weighted by molar-refractivity contribution is 5.62. The molecule has 0 aliphatic rings. The molecule has 1 aromatic carbocycles. The zero-order valence-electron chi connectivity index (χ0n) is 8.34. The van der Waals surface area contributed by atoms with Gasteiger partial charge in [-0.25, -0.2) is 4.79 Å². The van der Waals surface area contributed by atoms with Crippen LogP contribution in [-0.4, -0.2) is 10.6 Å². The minimum absolute atomic E-state index is 0.640. The minimum Gasteiger partial charge on any atom is -0.322 e. The van der Waals surface area contributed by atoms with Crippen LogP contribution in [0, 0.1) is 6.92 Å². The monoisotopic (exact) mass is 198 g/mol. The van der Waals surface area contributed by atoms with E-state index in [0.717, 1.165) is 11.3 Å². The molecule has 0 atom stereocenters. The molecular formula is C12H10N2O. The van der Waals surface area contributed by atoms with Crippen molar-refractivity contribution in [3.8, 4) is 5.69 Å². The Morgan fingerprint density at radius 1 is 1.27 bits per heavy atom. The van der Waals surface area contributed by atoms with E-state index < -0.39 is 0 Å². The quantitative estimate of drug-likeness (QED) is 0.539. The zero-order valence-corrected chi connectivity index (χ0v) is 8.34. The molecule has 0 saturated carbocycles. The molecule has 2 rings (SSSR count). The molecule has 0 radical (unpaired) electrons. The lowest BCUT2D eigenvalue weighted by Gasteiger charge is -2.06. The van der Waals surface area contributed by atoms with Crippen molar-refractivity contribution in [3.05, 3.63) is 48.3 Å². The molecule has 0 saturated heterocycles. The first-order valence-electron chi connectivity index (χ1n) is 4.63. The number of hydrogen-bond donors (Lipinski definition) is 0. The van der Waals surface area contributed by atoms with Crippen LogP contribution in [0.25, 0.3) is 5.69 Å². The lowest BCUT2D eigenvalue weighted by Crippen LogP contribution is -1.90. The van der Waals surface area contributed by atoms with Gasteiger partial charge in [0, 0.05) is 12.4 Å². The summed E-state index contributed by atoms with van der Waals surface area (Å²) < 4.78 is 1.91. The average molecular weight is 198 g/mol. The van der Waals surface area contributed by atoms with Gasteiger partial charge in [-0.05, 0) is 36.8 Å². The van der Waals surface area contributed by atoms with Crippen LogP contribution in [0.4, 0.5) is 5.69 Å². The Hall–Kier alpha value is -2.12. The zero-order chi connectivity index (χ0) is 10.7. The Kier molecular flexibility index (Phi) is 2.48. The van der Waals surface area contributed by atoms with Gasteiger partial charge in [0.05, 0.1) is 5.69 Å². The fourth-order valence-electron chi connectivity index (χ4n) is 1.49. The van der Waals surface area contributed by atoms with Gasteiger partial charge in [0.2, 0.25) is 6.08 Å². The highest BCUT2D eigenvalue weighted by atomic mass is 16.1. The van der Waals surface area contributed by atoms with Crippen LogP contribution in [-0.2, 0) is 4.79 Å². The highest BCUT2D eigenvalue weighted by Gasteiger charge is 2.02. The van der Waals surface area contributed by atoms with Crippen molar-refractivity contribution < 1.29 is 4.79 Å². The third-order valence-electron chi connectivity index (χ3n) is 2.18. The Morgan fingerprint density at radius 2 is 2.00 bits per heavy atom. The Bertz CT molecular complexity index is 508. The van der Waals surface area contributed by atoms with Crippen molar-refractivity contribution in [2.24, 2.45) is 4.99 Å². The fourth-order valence-corrected chi connectivity index (χ4v) is 1.49. The van der Waals surface area contributed by atoms with Crippen molar-refractivity contribution >= 4 is 11.8 Å². The van der Waals surface area contributed by atoms with Crippen molar-refractivity contribution in [2.75, 3.05) is 0 Å². The molecule has 0 amide bonds. The lowest BCUT2D eigenvalue weighted by atomic mass is 10.2. The summed E-state index contributed by atoms with van der Waals surface area (Å²) in [6, 6.07) is 9.63. The first-order chi connectivity index (χ1) is 7.31. The van der Waals surface area contributed by atoms with Gasteiger partial charge in [-0.15, -0.1) is 0 Å². The Labute approximate surface area is 87.7 Å². The number of aryl methyl sites for hydroxylation is 1. The second kappa shape index (κ2) is 3.95. The smallest absolute Gasteiger partial charge is 0.240 e. The summed E-state index contributed by atoms with van der Waals surface area (Å²) in [5.74, 6) is 0. The SMILES string of the molecule is Cc1ccc(-n2cccc2)c(N=C=O)c1. The van der Waals surface area contributed by atoms with Crippen LogP contribution in [0.5, 0.6) is 0 Å². The second-order valence-electron chi connectivity index (χ2n) is 3.29. The maximum atomic E-state index is 10.3. The van der Waals surface area contributed by atoms with Crippen LogP contribution in [0.1, 0.15) is 5.56 Å². The van der Waals surface area contributed by atoms with E-state index in [-0.39, 0.29) is 0 Å². The van der Waals surface area contributed by atoms with Gasteiger partial charge in [0.25, 0.3) is 0 Å². The normalized spacial score (nSPS) is 9.67. The molecule has 0 bridgehead atoms. The number of hydrogen-bond acceptors (Lipinski definition) is 2. The summed E-state index contributed by atoms with van der Waals surface area (Å²) in [5.41, 5.74) is 2.59. The average Bonchev–Trinajstić information content (AvgIpc) is 2.71. The third-order valence-corrected chi connectivity index (χ3v) is 2.18. The number of rotatable bonds is 2. The van der Waals surface area contributed by atoms with E-state index in [9.17, 15) is 4.79 Å². The maximum Gasteiger partial charge on any atom is 0.240 e. The van der Waals surface area contributed by atoms with E-state index in [0.29, 0.717) is 5.69 Å². The van der Waals surface area contributed by atoms with Gasteiger partial charge in [0.1, 0.15) is 5.69 Å². The summed E-state index contributed by atoms with van der Waals surface area (Å²) >= 11 is 0. The molecule has 0 unspecified atom stereocenters. The summed E-state index contributed by atoms with van der Waals surface area (Å²) in [7, 11) is 0.